The number of carbonyl (C=O) groups excluding carboxylic acids is 1. The highest BCUT2D eigenvalue weighted by Crippen LogP contribution is 2.38. The summed E-state index contributed by atoms with van der Waals surface area (Å²) in [5.41, 5.74) is 0.606. The van der Waals surface area contributed by atoms with E-state index in [-0.39, 0.29) is 35.8 Å². The Balaban J connectivity index is 1.58. The Hall–Kier alpha value is -2.02. The number of anilines is 1. The number of hydrogen-bond donors (Lipinski definition) is 0. The second-order valence-corrected chi connectivity index (χ2v) is 9.84. The molecule has 0 radical (unpaired) electrons. The smallest absolute Gasteiger partial charge is 0.253 e. The molecule has 3 heterocycles. The standard InChI is InChI=1S/C18H19BrFN3O6S/c1-27-16-6-12(19)13(20)7-15(16)23-14-2-4-22(8-17(14)28-9-18(23)24)30(25,26)10-11-3-5-29-21-11/h3,5-7,14,17H,2,4,8-10H2,1H3/t14-,17-/m1/s1. The van der Waals surface area contributed by atoms with E-state index in [0.29, 0.717) is 23.6 Å². The van der Waals surface area contributed by atoms with Crippen LogP contribution in [0.15, 0.2) is 33.5 Å². The van der Waals surface area contributed by atoms with Crippen molar-refractivity contribution in [3.8, 4) is 5.75 Å². The van der Waals surface area contributed by atoms with E-state index in [2.05, 4.69) is 21.1 Å². The fourth-order valence-electron chi connectivity index (χ4n) is 3.79. The van der Waals surface area contributed by atoms with Crippen LogP contribution < -0.4 is 9.64 Å². The zero-order valence-corrected chi connectivity index (χ0v) is 18.4. The van der Waals surface area contributed by atoms with Crippen LogP contribution >= 0.6 is 15.9 Å². The third-order valence-electron chi connectivity index (χ3n) is 5.20. The molecule has 4 rings (SSSR count). The van der Waals surface area contributed by atoms with Gasteiger partial charge in [0, 0.05) is 25.2 Å². The first-order valence-corrected chi connectivity index (χ1v) is 11.5. The molecule has 30 heavy (non-hydrogen) atoms. The minimum atomic E-state index is -3.64. The molecule has 0 bridgehead atoms. The van der Waals surface area contributed by atoms with E-state index in [1.54, 1.807) is 0 Å². The Morgan fingerprint density at radius 2 is 2.20 bits per heavy atom. The molecule has 9 nitrogen and oxygen atoms in total. The van der Waals surface area contributed by atoms with Gasteiger partial charge in [-0.3, -0.25) is 4.79 Å². The third-order valence-corrected chi connectivity index (χ3v) is 7.59. The lowest BCUT2D eigenvalue weighted by molar-refractivity contribution is -0.134. The first-order valence-electron chi connectivity index (χ1n) is 9.14. The minimum Gasteiger partial charge on any atom is -0.495 e. The molecule has 1 amide bonds. The maximum atomic E-state index is 14.2. The summed E-state index contributed by atoms with van der Waals surface area (Å²) < 4.78 is 57.0. The number of piperidine rings is 1. The molecule has 0 aliphatic carbocycles. The van der Waals surface area contributed by atoms with Crippen molar-refractivity contribution >= 4 is 37.5 Å². The second-order valence-electron chi connectivity index (χ2n) is 7.01. The molecule has 2 aromatic rings. The summed E-state index contributed by atoms with van der Waals surface area (Å²) in [6.45, 7) is 0.0327. The van der Waals surface area contributed by atoms with E-state index in [1.165, 1.54) is 40.8 Å². The van der Waals surface area contributed by atoms with Gasteiger partial charge in [0.1, 0.15) is 30.2 Å². The number of fused-ring (bicyclic) bond motifs is 1. The van der Waals surface area contributed by atoms with Gasteiger partial charge in [-0.1, -0.05) is 5.16 Å². The fraction of sp³-hybridized carbons (Fsp3) is 0.444. The molecule has 2 atom stereocenters. The van der Waals surface area contributed by atoms with Gasteiger partial charge in [-0.15, -0.1) is 0 Å². The number of sulfonamides is 1. The molecule has 0 unspecified atom stereocenters. The first-order chi connectivity index (χ1) is 14.3. The maximum absolute atomic E-state index is 14.2. The van der Waals surface area contributed by atoms with Crippen LogP contribution in [0.4, 0.5) is 10.1 Å². The molecule has 0 spiro atoms. The molecular weight excluding hydrogens is 485 g/mol. The molecule has 12 heteroatoms. The Morgan fingerprint density at radius 3 is 2.90 bits per heavy atom. The van der Waals surface area contributed by atoms with Crippen molar-refractivity contribution in [1.29, 1.82) is 0 Å². The zero-order chi connectivity index (χ0) is 21.5. The summed E-state index contributed by atoms with van der Waals surface area (Å²) in [6.07, 6.45) is 1.09. The van der Waals surface area contributed by atoms with Gasteiger partial charge in [-0.05, 0) is 28.4 Å². The SMILES string of the molecule is COc1cc(Br)c(F)cc1N1C(=O)CO[C@@H]2CN(S(=O)(=O)Cc3ccon3)CC[C@H]21. The molecule has 2 saturated heterocycles. The summed E-state index contributed by atoms with van der Waals surface area (Å²) in [7, 11) is -2.21. The van der Waals surface area contributed by atoms with Crippen molar-refractivity contribution in [2.75, 3.05) is 31.7 Å². The van der Waals surface area contributed by atoms with E-state index in [9.17, 15) is 17.6 Å². The van der Waals surface area contributed by atoms with Gasteiger partial charge in [0.2, 0.25) is 10.0 Å². The summed E-state index contributed by atoms with van der Waals surface area (Å²) in [4.78, 5) is 14.1. The van der Waals surface area contributed by atoms with E-state index < -0.39 is 28.0 Å². The number of ether oxygens (including phenoxy) is 2. The largest absolute Gasteiger partial charge is 0.495 e. The Morgan fingerprint density at radius 1 is 1.40 bits per heavy atom. The third kappa shape index (κ3) is 3.96. The van der Waals surface area contributed by atoms with Gasteiger partial charge in [0.15, 0.2) is 0 Å². The van der Waals surface area contributed by atoms with Gasteiger partial charge in [-0.25, -0.2) is 12.8 Å². The average Bonchev–Trinajstić information content (AvgIpc) is 3.21. The average molecular weight is 504 g/mol. The van der Waals surface area contributed by atoms with Crippen LogP contribution in [0.5, 0.6) is 5.75 Å². The van der Waals surface area contributed by atoms with Crippen LogP contribution in [0.1, 0.15) is 12.1 Å². The van der Waals surface area contributed by atoms with E-state index >= 15 is 0 Å². The van der Waals surface area contributed by atoms with Crippen molar-refractivity contribution < 1.29 is 31.6 Å². The van der Waals surface area contributed by atoms with E-state index in [4.69, 9.17) is 14.0 Å². The lowest BCUT2D eigenvalue weighted by Crippen LogP contribution is -2.62. The molecule has 2 aliphatic rings. The summed E-state index contributed by atoms with van der Waals surface area (Å²) >= 11 is 3.11. The number of nitrogens with zero attached hydrogens (tertiary/aromatic N) is 3. The molecule has 1 aromatic heterocycles. The monoisotopic (exact) mass is 503 g/mol. The first kappa shape index (κ1) is 21.2. The van der Waals surface area contributed by atoms with Crippen molar-refractivity contribution in [3.05, 3.63) is 40.4 Å². The lowest BCUT2D eigenvalue weighted by Gasteiger charge is -2.46. The quantitative estimate of drug-likeness (QED) is 0.613. The fourth-order valence-corrected chi connectivity index (χ4v) is 5.58. The van der Waals surface area contributed by atoms with Crippen LogP contribution in [-0.2, 0) is 25.3 Å². The molecule has 2 aliphatic heterocycles. The topological polar surface area (TPSA) is 102 Å². The highest BCUT2D eigenvalue weighted by Gasteiger charge is 2.44. The minimum absolute atomic E-state index is 0.0793. The van der Waals surface area contributed by atoms with Crippen molar-refractivity contribution in [3.63, 3.8) is 0 Å². The summed E-state index contributed by atoms with van der Waals surface area (Å²) in [6, 6.07) is 3.74. The molecule has 2 fully saturated rings. The predicted octanol–water partition coefficient (Wildman–Crippen LogP) is 1.92. The predicted molar refractivity (Wildman–Crippen MR) is 107 cm³/mol. The summed E-state index contributed by atoms with van der Waals surface area (Å²) in [5.74, 6) is -0.822. The van der Waals surface area contributed by atoms with Crippen LogP contribution in [0.3, 0.4) is 0 Å². The molecule has 1 aromatic carbocycles. The van der Waals surface area contributed by atoms with Gasteiger partial charge < -0.3 is 18.9 Å². The molecule has 0 N–H and O–H groups in total. The maximum Gasteiger partial charge on any atom is 0.253 e. The summed E-state index contributed by atoms with van der Waals surface area (Å²) in [5, 5.41) is 3.66. The molecular formula is C18H19BrFN3O6S. The normalized spacial score (nSPS) is 22.8. The van der Waals surface area contributed by atoms with Gasteiger partial charge in [0.25, 0.3) is 5.91 Å². The second kappa shape index (κ2) is 8.25. The number of amides is 1. The van der Waals surface area contributed by atoms with Crippen LogP contribution in [-0.4, -0.2) is 62.7 Å². The highest BCUT2D eigenvalue weighted by molar-refractivity contribution is 9.10. The van der Waals surface area contributed by atoms with Crippen molar-refractivity contribution in [1.82, 2.24) is 9.46 Å². The van der Waals surface area contributed by atoms with E-state index in [0.717, 1.165) is 0 Å². The van der Waals surface area contributed by atoms with Gasteiger partial charge >= 0.3 is 0 Å². The van der Waals surface area contributed by atoms with Gasteiger partial charge in [-0.2, -0.15) is 4.31 Å². The molecule has 162 valence electrons. The van der Waals surface area contributed by atoms with Crippen molar-refractivity contribution in [2.24, 2.45) is 0 Å². The Labute approximate surface area is 180 Å². The number of aromatic nitrogens is 1. The number of halogens is 2. The van der Waals surface area contributed by atoms with Crippen LogP contribution in [0.25, 0.3) is 0 Å². The lowest BCUT2D eigenvalue weighted by atomic mass is 9.98. The number of methoxy groups -OCH3 is 1. The van der Waals surface area contributed by atoms with Gasteiger partial charge in [0.05, 0.1) is 35.1 Å². The number of hydrogen-bond acceptors (Lipinski definition) is 7. The number of rotatable bonds is 5. The van der Waals surface area contributed by atoms with E-state index in [1.807, 2.05) is 0 Å². The number of morpholine rings is 1. The zero-order valence-electron chi connectivity index (χ0n) is 16.0. The van der Waals surface area contributed by atoms with Crippen LogP contribution in [0.2, 0.25) is 0 Å². The highest BCUT2D eigenvalue weighted by atomic mass is 79.9. The van der Waals surface area contributed by atoms with Crippen LogP contribution in [0, 0.1) is 5.82 Å². The Kier molecular flexibility index (Phi) is 5.84. The number of benzene rings is 1. The Bertz CT molecular complexity index is 1050. The van der Waals surface area contributed by atoms with Crippen molar-refractivity contribution in [2.45, 2.75) is 24.3 Å². The molecule has 0 saturated carbocycles. The number of carbonyl (C=O) groups is 1.